The van der Waals surface area contributed by atoms with Crippen molar-refractivity contribution in [1.82, 2.24) is 9.56 Å². The summed E-state index contributed by atoms with van der Waals surface area (Å²) in [6, 6.07) is 14.8. The second kappa shape index (κ2) is 9.62. The van der Waals surface area contributed by atoms with Crippen LogP contribution in [0.3, 0.4) is 0 Å². The number of ether oxygens (including phenoxy) is 2. The van der Waals surface area contributed by atoms with Crippen LogP contribution in [0.2, 0.25) is 0 Å². The van der Waals surface area contributed by atoms with Crippen LogP contribution in [0.4, 0.5) is 5.69 Å². The molecule has 34 heavy (non-hydrogen) atoms. The number of benzene rings is 2. The zero-order valence-corrected chi connectivity index (χ0v) is 19.0. The van der Waals surface area contributed by atoms with Gasteiger partial charge in [-0.3, -0.25) is 9.59 Å². The molecule has 2 aromatic heterocycles. The highest BCUT2D eigenvalue weighted by Crippen LogP contribution is 2.17. The maximum Gasteiger partial charge on any atom is 0.338 e. The molecular formula is C25H23N3O6. The van der Waals surface area contributed by atoms with Crippen molar-refractivity contribution in [2.75, 3.05) is 11.9 Å². The molecule has 2 heterocycles. The first-order valence-electron chi connectivity index (χ1n) is 10.6. The molecule has 9 nitrogen and oxygen atoms in total. The number of hydrogen-bond acceptors (Lipinski definition) is 7. The van der Waals surface area contributed by atoms with Crippen LogP contribution in [0, 0.1) is 20.8 Å². The standard InChI is InChI=1S/C25H23N3O6/c1-15-4-9-21(10-16(15)2)32-14-23(29)27-19-7-5-18(6-8-19)25(31)33-13-20-12-24(30)28-22(26-20)11-17(3)34-28/h4-12H,13-14H2,1-3H3,(H,27,29). The Hall–Kier alpha value is -4.40. The number of fused-ring (bicyclic) bond motifs is 1. The van der Waals surface area contributed by atoms with E-state index >= 15 is 0 Å². The van der Waals surface area contributed by atoms with Crippen LogP contribution in [0.5, 0.6) is 5.75 Å². The molecule has 2 aromatic carbocycles. The molecule has 0 aliphatic carbocycles. The van der Waals surface area contributed by atoms with Gasteiger partial charge in [-0.25, -0.2) is 9.78 Å². The number of carbonyl (C=O) groups is 2. The minimum Gasteiger partial charge on any atom is -0.484 e. The summed E-state index contributed by atoms with van der Waals surface area (Å²) in [4.78, 5) is 40.8. The molecule has 0 radical (unpaired) electrons. The molecule has 0 saturated carbocycles. The van der Waals surface area contributed by atoms with Gasteiger partial charge in [0, 0.05) is 17.8 Å². The SMILES string of the molecule is Cc1cc2nc(COC(=O)c3ccc(NC(=O)COc4ccc(C)c(C)c4)cc3)cc(=O)n2o1. The lowest BCUT2D eigenvalue weighted by atomic mass is 10.1. The van der Waals surface area contributed by atoms with Crippen LogP contribution in [0.15, 0.2) is 63.9 Å². The Morgan fingerprint density at radius 2 is 1.76 bits per heavy atom. The van der Waals surface area contributed by atoms with Gasteiger partial charge in [0.1, 0.15) is 18.1 Å². The number of amides is 1. The Labute approximate surface area is 194 Å². The largest absolute Gasteiger partial charge is 0.484 e. The maximum atomic E-state index is 12.4. The Bertz CT molecular complexity index is 1420. The summed E-state index contributed by atoms with van der Waals surface area (Å²) in [6.07, 6.45) is 0. The van der Waals surface area contributed by atoms with E-state index in [-0.39, 0.29) is 19.1 Å². The summed E-state index contributed by atoms with van der Waals surface area (Å²) in [5, 5.41) is 2.72. The van der Waals surface area contributed by atoms with Crippen LogP contribution in [0.1, 0.15) is 32.9 Å². The van der Waals surface area contributed by atoms with E-state index in [1.807, 2.05) is 32.0 Å². The number of carbonyl (C=O) groups excluding carboxylic acids is 2. The third-order valence-electron chi connectivity index (χ3n) is 5.13. The van der Waals surface area contributed by atoms with Gasteiger partial charge in [-0.15, -0.1) is 4.57 Å². The lowest BCUT2D eigenvalue weighted by Gasteiger charge is -2.09. The van der Waals surface area contributed by atoms with Crippen molar-refractivity contribution < 1.29 is 23.6 Å². The molecule has 4 rings (SSSR count). The number of anilines is 1. The highest BCUT2D eigenvalue weighted by atomic mass is 16.5. The van der Waals surface area contributed by atoms with Crippen LogP contribution in [-0.2, 0) is 16.1 Å². The lowest BCUT2D eigenvalue weighted by molar-refractivity contribution is -0.118. The molecule has 1 N–H and O–H groups in total. The van der Waals surface area contributed by atoms with Crippen molar-refractivity contribution >= 4 is 23.2 Å². The summed E-state index contributed by atoms with van der Waals surface area (Å²) in [5.74, 6) is 0.260. The zero-order chi connectivity index (χ0) is 24.2. The van der Waals surface area contributed by atoms with E-state index in [1.54, 1.807) is 25.1 Å². The molecule has 0 spiro atoms. The number of esters is 1. The molecule has 4 aromatic rings. The first-order chi connectivity index (χ1) is 16.3. The summed E-state index contributed by atoms with van der Waals surface area (Å²) in [6.45, 7) is 5.38. The van der Waals surface area contributed by atoms with Crippen molar-refractivity contribution in [2.24, 2.45) is 0 Å². The molecule has 9 heteroatoms. The van der Waals surface area contributed by atoms with Gasteiger partial charge in [0.15, 0.2) is 12.3 Å². The van der Waals surface area contributed by atoms with Crippen LogP contribution in [-0.4, -0.2) is 28.0 Å². The van der Waals surface area contributed by atoms with Crippen molar-refractivity contribution in [3.63, 3.8) is 0 Å². The summed E-state index contributed by atoms with van der Waals surface area (Å²) in [7, 11) is 0. The fourth-order valence-electron chi connectivity index (χ4n) is 3.21. The van der Waals surface area contributed by atoms with Crippen LogP contribution in [0.25, 0.3) is 5.65 Å². The summed E-state index contributed by atoms with van der Waals surface area (Å²) < 4.78 is 17.1. The molecule has 0 aliphatic heterocycles. The van der Waals surface area contributed by atoms with Gasteiger partial charge in [-0.2, -0.15) is 0 Å². The molecule has 1 amide bonds. The fraction of sp³-hybridized carbons (Fsp3) is 0.200. The van der Waals surface area contributed by atoms with Crippen molar-refractivity contribution in [1.29, 1.82) is 0 Å². The van der Waals surface area contributed by atoms with E-state index in [4.69, 9.17) is 14.0 Å². The third kappa shape index (κ3) is 5.32. The molecule has 0 bridgehead atoms. The Balaban J connectivity index is 1.30. The first-order valence-corrected chi connectivity index (χ1v) is 10.6. The van der Waals surface area contributed by atoms with Gasteiger partial charge in [-0.1, -0.05) is 6.07 Å². The molecule has 0 saturated heterocycles. The first kappa shape index (κ1) is 22.8. The van der Waals surface area contributed by atoms with Crippen LogP contribution >= 0.6 is 0 Å². The Morgan fingerprint density at radius 1 is 1.00 bits per heavy atom. The molecule has 0 fully saturated rings. The summed E-state index contributed by atoms with van der Waals surface area (Å²) >= 11 is 0. The highest BCUT2D eigenvalue weighted by Gasteiger charge is 2.12. The fourth-order valence-corrected chi connectivity index (χ4v) is 3.21. The van der Waals surface area contributed by atoms with Crippen molar-refractivity contribution in [3.8, 4) is 5.75 Å². The molecular weight excluding hydrogens is 438 g/mol. The average Bonchev–Trinajstić information content (AvgIpc) is 3.19. The molecule has 0 unspecified atom stereocenters. The number of hydrogen-bond donors (Lipinski definition) is 1. The monoisotopic (exact) mass is 461 g/mol. The predicted octanol–water partition coefficient (Wildman–Crippen LogP) is 3.59. The lowest BCUT2D eigenvalue weighted by Crippen LogP contribution is -2.20. The topological polar surface area (TPSA) is 112 Å². The normalized spacial score (nSPS) is 10.8. The van der Waals surface area contributed by atoms with E-state index < -0.39 is 11.5 Å². The van der Waals surface area contributed by atoms with Gasteiger partial charge in [0.2, 0.25) is 0 Å². The zero-order valence-electron chi connectivity index (χ0n) is 19.0. The predicted molar refractivity (Wildman–Crippen MR) is 124 cm³/mol. The maximum absolute atomic E-state index is 12.4. The van der Waals surface area contributed by atoms with Gasteiger partial charge in [0.05, 0.1) is 11.3 Å². The van der Waals surface area contributed by atoms with Crippen molar-refractivity contribution in [3.05, 3.63) is 93.1 Å². The Morgan fingerprint density at radius 3 is 2.50 bits per heavy atom. The molecule has 0 aliphatic rings. The minimum atomic E-state index is -0.582. The van der Waals surface area contributed by atoms with Gasteiger partial charge in [0.25, 0.3) is 11.5 Å². The quantitative estimate of drug-likeness (QED) is 0.419. The minimum absolute atomic E-state index is 0.139. The summed E-state index contributed by atoms with van der Waals surface area (Å²) in [5.41, 5.74) is 3.30. The second-order valence-electron chi connectivity index (χ2n) is 7.82. The number of nitrogens with zero attached hydrogens (tertiary/aromatic N) is 2. The number of rotatable bonds is 7. The third-order valence-corrected chi connectivity index (χ3v) is 5.13. The number of aromatic nitrogens is 2. The van der Waals surface area contributed by atoms with E-state index in [0.29, 0.717) is 34.1 Å². The average molecular weight is 461 g/mol. The highest BCUT2D eigenvalue weighted by molar-refractivity contribution is 5.93. The van der Waals surface area contributed by atoms with Gasteiger partial charge in [-0.05, 0) is 68.3 Å². The number of nitrogens with one attached hydrogen (secondary N) is 1. The van der Waals surface area contributed by atoms with Gasteiger partial charge < -0.3 is 19.3 Å². The van der Waals surface area contributed by atoms with E-state index in [2.05, 4.69) is 10.3 Å². The smallest absolute Gasteiger partial charge is 0.338 e. The Kier molecular flexibility index (Phi) is 6.44. The van der Waals surface area contributed by atoms with E-state index in [9.17, 15) is 14.4 Å². The van der Waals surface area contributed by atoms with E-state index in [1.165, 1.54) is 18.2 Å². The second-order valence-corrected chi connectivity index (χ2v) is 7.82. The van der Waals surface area contributed by atoms with Crippen molar-refractivity contribution in [2.45, 2.75) is 27.4 Å². The molecule has 174 valence electrons. The molecule has 0 atom stereocenters. The van der Waals surface area contributed by atoms with Crippen LogP contribution < -0.4 is 15.6 Å². The van der Waals surface area contributed by atoms with E-state index in [0.717, 1.165) is 15.7 Å². The number of aryl methyl sites for hydroxylation is 3. The van der Waals surface area contributed by atoms with Gasteiger partial charge >= 0.3 is 5.97 Å².